The molecule has 5 nitrogen and oxygen atoms in total. The first-order chi connectivity index (χ1) is 20.0. The van der Waals surface area contributed by atoms with E-state index in [1.54, 1.807) is 34.8 Å². The number of hydrogen-bond donors (Lipinski definition) is 3. The summed E-state index contributed by atoms with van der Waals surface area (Å²) in [4.78, 5) is 3.80. The maximum atomic E-state index is 10.0. The lowest BCUT2D eigenvalue weighted by molar-refractivity contribution is 0.475. The number of nitrogens with zero attached hydrogens (tertiary/aromatic N) is 1. The number of fused-ring (bicyclic) bond motifs is 14. The van der Waals surface area contributed by atoms with Crippen LogP contribution in [0.15, 0.2) is 77.2 Å². The molecule has 0 aliphatic heterocycles. The molecule has 0 aliphatic rings. The van der Waals surface area contributed by atoms with Crippen molar-refractivity contribution < 1.29 is 9.52 Å². The molecule has 41 heavy (non-hydrogen) atoms. The Labute approximate surface area is 243 Å². The Morgan fingerprint density at radius 2 is 1.54 bits per heavy atom. The van der Waals surface area contributed by atoms with Gasteiger partial charge < -0.3 is 24.8 Å². The molecule has 0 spiro atoms. The number of phenols is 1. The van der Waals surface area contributed by atoms with Gasteiger partial charge in [-0.2, -0.15) is 0 Å². The molecule has 0 saturated heterocycles. The molecule has 0 amide bonds. The Morgan fingerprint density at radius 3 is 2.41 bits per heavy atom. The number of thiophene rings is 3. The number of aromatic hydroxyl groups is 1. The minimum absolute atomic E-state index is 0.255. The zero-order valence-corrected chi connectivity index (χ0v) is 24.0. The first kappa shape index (κ1) is 22.2. The lowest BCUT2D eigenvalue weighted by atomic mass is 10.1. The minimum atomic E-state index is 0.255. The fraction of sp³-hybridized carbons (Fsp3) is 0.0303. The molecule has 0 unspecified atom stereocenters. The minimum Gasteiger partial charge on any atom is -0.508 e. The predicted molar refractivity (Wildman–Crippen MR) is 177 cm³/mol. The number of rotatable bonds is 1. The molecule has 0 bridgehead atoms. The average molecular weight is 586 g/mol. The zero-order chi connectivity index (χ0) is 27.1. The molecule has 4 aromatic carbocycles. The summed E-state index contributed by atoms with van der Waals surface area (Å²) in [6.45, 7) is 2.14. The number of furan rings is 1. The van der Waals surface area contributed by atoms with Crippen LogP contribution in [0.5, 0.6) is 5.75 Å². The van der Waals surface area contributed by atoms with Gasteiger partial charge in [0.1, 0.15) is 11.3 Å². The molecule has 0 fully saturated rings. The molecule has 0 aliphatic carbocycles. The molecule has 0 radical (unpaired) electrons. The van der Waals surface area contributed by atoms with Crippen LogP contribution in [0.2, 0.25) is 0 Å². The summed E-state index contributed by atoms with van der Waals surface area (Å²) in [7, 11) is 0. The maximum absolute atomic E-state index is 10.0. The molecule has 196 valence electrons. The van der Waals surface area contributed by atoms with Gasteiger partial charge in [0.2, 0.25) is 0 Å². The van der Waals surface area contributed by atoms with Gasteiger partial charge in [0, 0.05) is 47.8 Å². The smallest absolute Gasteiger partial charge is 0.164 e. The van der Waals surface area contributed by atoms with Crippen molar-refractivity contribution in [1.82, 2.24) is 9.55 Å². The Balaban J connectivity index is 1.33. The summed E-state index contributed by atoms with van der Waals surface area (Å²) in [6, 6.07) is 24.7. The number of nitrogens with one attached hydrogen (secondary N) is 1. The Kier molecular flexibility index (Phi) is 4.02. The number of aryl methyl sites for hydroxylation is 1. The second-order valence-corrected chi connectivity index (χ2v) is 13.9. The highest BCUT2D eigenvalue weighted by Crippen LogP contribution is 2.50. The van der Waals surface area contributed by atoms with Gasteiger partial charge in [-0.25, -0.2) is 0 Å². The number of phenolic OH excluding ortho intramolecular Hbond substituents is 1. The largest absolute Gasteiger partial charge is 0.508 e. The zero-order valence-electron chi connectivity index (χ0n) is 21.5. The van der Waals surface area contributed by atoms with Gasteiger partial charge in [0.05, 0.1) is 35.3 Å². The normalized spacial score (nSPS) is 12.7. The third kappa shape index (κ3) is 2.79. The van der Waals surface area contributed by atoms with E-state index in [-0.39, 0.29) is 5.75 Å². The van der Waals surface area contributed by atoms with Crippen molar-refractivity contribution in [3.05, 3.63) is 78.4 Å². The number of nitrogen functional groups attached to an aromatic ring is 1. The van der Waals surface area contributed by atoms with Crippen molar-refractivity contribution in [3.63, 3.8) is 0 Å². The van der Waals surface area contributed by atoms with Crippen LogP contribution in [-0.4, -0.2) is 14.7 Å². The summed E-state index contributed by atoms with van der Waals surface area (Å²) in [5.74, 6) is 0.255. The van der Waals surface area contributed by atoms with Crippen molar-refractivity contribution in [2.45, 2.75) is 6.92 Å². The number of benzene rings is 4. The fourth-order valence-corrected chi connectivity index (χ4v) is 10.4. The van der Waals surface area contributed by atoms with E-state index in [1.807, 2.05) is 29.5 Å². The van der Waals surface area contributed by atoms with Crippen molar-refractivity contribution >= 4 is 123 Å². The van der Waals surface area contributed by atoms with Crippen molar-refractivity contribution in [3.8, 4) is 11.4 Å². The van der Waals surface area contributed by atoms with Crippen molar-refractivity contribution in [1.29, 1.82) is 0 Å². The van der Waals surface area contributed by atoms with Gasteiger partial charge in [-0.05, 0) is 67.1 Å². The molecule has 8 heteroatoms. The van der Waals surface area contributed by atoms with Gasteiger partial charge in [0.25, 0.3) is 0 Å². The SMILES string of the molecule is Cc1ccc2c(c1)sc1c3[nH]c4cc5c(cc4c3n(-c3ccc(O)cc3)c21)oc1c5sc2c3ccc(N)cc3sc12. The molecule has 4 N–H and O–H groups in total. The van der Waals surface area contributed by atoms with Gasteiger partial charge in [-0.3, -0.25) is 0 Å². The van der Waals surface area contributed by atoms with Gasteiger partial charge in [-0.1, -0.05) is 18.2 Å². The van der Waals surface area contributed by atoms with Gasteiger partial charge in [-0.15, -0.1) is 34.0 Å². The molecule has 0 atom stereocenters. The third-order valence-corrected chi connectivity index (χ3v) is 11.9. The average Bonchev–Trinajstić information content (AvgIpc) is 3.76. The topological polar surface area (TPSA) is 80.1 Å². The number of aromatic nitrogens is 2. The first-order valence-corrected chi connectivity index (χ1v) is 15.7. The van der Waals surface area contributed by atoms with E-state index in [0.29, 0.717) is 0 Å². The second-order valence-electron chi connectivity index (χ2n) is 10.8. The summed E-state index contributed by atoms with van der Waals surface area (Å²) < 4.78 is 16.3. The van der Waals surface area contributed by atoms with Crippen molar-refractivity contribution in [2.24, 2.45) is 0 Å². The highest BCUT2D eigenvalue weighted by molar-refractivity contribution is 7.37. The van der Waals surface area contributed by atoms with E-state index in [1.165, 1.54) is 50.1 Å². The molecule has 6 heterocycles. The van der Waals surface area contributed by atoms with Crippen molar-refractivity contribution in [2.75, 3.05) is 5.73 Å². The number of H-pyrrole nitrogens is 1. The van der Waals surface area contributed by atoms with Gasteiger partial charge in [0.15, 0.2) is 5.58 Å². The van der Waals surface area contributed by atoms with Gasteiger partial charge >= 0.3 is 0 Å². The van der Waals surface area contributed by atoms with Crippen LogP contribution < -0.4 is 5.73 Å². The van der Waals surface area contributed by atoms with E-state index >= 15 is 0 Å². The monoisotopic (exact) mass is 585 g/mol. The maximum Gasteiger partial charge on any atom is 0.164 e. The van der Waals surface area contributed by atoms with Crippen LogP contribution in [0.4, 0.5) is 5.69 Å². The number of nitrogens with two attached hydrogens (primary N) is 1. The third-order valence-electron chi connectivity index (χ3n) is 8.21. The number of anilines is 1. The lowest BCUT2D eigenvalue weighted by Crippen LogP contribution is -1.93. The molecular weight excluding hydrogens is 567 g/mol. The van der Waals surface area contributed by atoms with Crippen LogP contribution in [0, 0.1) is 6.92 Å². The predicted octanol–water partition coefficient (Wildman–Crippen LogP) is 10.4. The highest BCUT2D eigenvalue weighted by atomic mass is 32.1. The summed E-state index contributed by atoms with van der Waals surface area (Å²) in [5.41, 5.74) is 15.5. The fourth-order valence-electron chi connectivity index (χ4n) is 6.39. The Hall–Kier alpha value is -4.50. The second kappa shape index (κ2) is 7.41. The van der Waals surface area contributed by atoms with E-state index in [4.69, 9.17) is 10.2 Å². The quantitative estimate of drug-likeness (QED) is 0.168. The first-order valence-electron chi connectivity index (χ1n) is 13.3. The summed E-state index contributed by atoms with van der Waals surface area (Å²) in [5, 5.41) is 14.8. The van der Waals surface area contributed by atoms with E-state index < -0.39 is 0 Å². The van der Waals surface area contributed by atoms with Crippen LogP contribution in [0.1, 0.15) is 5.56 Å². The summed E-state index contributed by atoms with van der Waals surface area (Å²) in [6.07, 6.45) is 0. The van der Waals surface area contributed by atoms with Crippen LogP contribution in [-0.2, 0) is 0 Å². The highest BCUT2D eigenvalue weighted by Gasteiger charge is 2.24. The Bertz CT molecular complexity index is 2730. The van der Waals surface area contributed by atoms with E-state index in [0.717, 1.165) is 49.9 Å². The molecule has 6 aromatic heterocycles. The standard InChI is InChI=1S/C33H19N3O2S3/c1-14-2-8-18-24(10-14)39-32-26-27(36(28(18)32)16-4-6-17(37)7-5-16)20-13-23-21(12-22(20)35-26)30-29(38-23)33-31(41-30)19-9-3-15(34)11-25(19)40-33/h2-13,35,37H,34H2,1H3. The van der Waals surface area contributed by atoms with E-state index in [9.17, 15) is 5.11 Å². The Morgan fingerprint density at radius 1 is 0.732 bits per heavy atom. The molecule has 10 rings (SSSR count). The molecule has 0 saturated carbocycles. The number of hydrogen-bond acceptors (Lipinski definition) is 6. The van der Waals surface area contributed by atoms with Crippen LogP contribution in [0.3, 0.4) is 0 Å². The van der Waals surface area contributed by atoms with Crippen LogP contribution >= 0.6 is 34.0 Å². The summed E-state index contributed by atoms with van der Waals surface area (Å²) >= 11 is 5.37. The molecule has 10 aromatic rings. The lowest BCUT2D eigenvalue weighted by Gasteiger charge is -2.08. The number of aromatic amines is 1. The molecular formula is C33H19N3O2S3. The van der Waals surface area contributed by atoms with E-state index in [2.05, 4.69) is 58.9 Å². The van der Waals surface area contributed by atoms with Crippen LogP contribution in [0.25, 0.3) is 88.7 Å².